The first-order chi connectivity index (χ1) is 11.6. The van der Waals surface area contributed by atoms with Gasteiger partial charge in [0.05, 0.1) is 18.2 Å². The number of hydrogen-bond donors (Lipinski definition) is 2. The van der Waals surface area contributed by atoms with Gasteiger partial charge in [-0.25, -0.2) is 4.98 Å². The number of amides is 1. The zero-order valence-electron chi connectivity index (χ0n) is 13.6. The summed E-state index contributed by atoms with van der Waals surface area (Å²) in [5, 5.41) is 8.76. The first-order valence-corrected chi connectivity index (χ1v) is 9.68. The molecule has 5 nitrogen and oxygen atoms in total. The fraction of sp³-hybridized carbons (Fsp3) is 0.375. The van der Waals surface area contributed by atoms with Crippen molar-refractivity contribution in [1.82, 2.24) is 10.3 Å². The summed E-state index contributed by atoms with van der Waals surface area (Å²) in [4.78, 5) is 17.4. The van der Waals surface area contributed by atoms with E-state index >= 15 is 0 Å². The van der Waals surface area contributed by atoms with E-state index in [1.54, 1.807) is 17.4 Å². The van der Waals surface area contributed by atoms with Gasteiger partial charge in [0, 0.05) is 40.7 Å². The number of thiazole rings is 1. The van der Waals surface area contributed by atoms with Gasteiger partial charge in [0.2, 0.25) is 5.91 Å². The van der Waals surface area contributed by atoms with Crippen molar-refractivity contribution in [2.45, 2.75) is 28.6 Å². The van der Waals surface area contributed by atoms with Crippen LogP contribution in [0.5, 0.6) is 0 Å². The molecule has 1 unspecified atom stereocenters. The summed E-state index contributed by atoms with van der Waals surface area (Å²) in [7, 11) is 0. The Balaban J connectivity index is 0.00000225. The van der Waals surface area contributed by atoms with Crippen LogP contribution in [0.1, 0.15) is 12.1 Å². The molecule has 1 aliphatic heterocycles. The molecule has 9 heteroatoms. The van der Waals surface area contributed by atoms with Crippen LogP contribution in [0.4, 0.5) is 5.69 Å². The number of hydrogen-bond acceptors (Lipinski definition) is 6. The van der Waals surface area contributed by atoms with Gasteiger partial charge in [-0.2, -0.15) is 0 Å². The SMILES string of the molecule is Cc1csc(Sc2ccc(NC(=O)CC3COCCN3)cc2Cl)n1.Cl. The molecule has 136 valence electrons. The van der Waals surface area contributed by atoms with Crippen molar-refractivity contribution in [3.8, 4) is 0 Å². The van der Waals surface area contributed by atoms with E-state index in [1.807, 2.05) is 24.4 Å². The molecule has 1 amide bonds. The maximum absolute atomic E-state index is 12.1. The third-order valence-electron chi connectivity index (χ3n) is 3.44. The number of nitrogens with zero attached hydrogens (tertiary/aromatic N) is 1. The molecule has 1 aromatic heterocycles. The van der Waals surface area contributed by atoms with Gasteiger partial charge in [0.1, 0.15) is 0 Å². The van der Waals surface area contributed by atoms with Crippen LogP contribution in [-0.4, -0.2) is 36.7 Å². The highest BCUT2D eigenvalue weighted by Crippen LogP contribution is 2.36. The van der Waals surface area contributed by atoms with Crippen molar-refractivity contribution < 1.29 is 9.53 Å². The predicted molar refractivity (Wildman–Crippen MR) is 106 cm³/mol. The number of benzene rings is 1. The van der Waals surface area contributed by atoms with Gasteiger partial charge in [-0.3, -0.25) is 4.79 Å². The number of morpholine rings is 1. The molecular weight excluding hydrogens is 401 g/mol. The van der Waals surface area contributed by atoms with Gasteiger partial charge in [0.15, 0.2) is 4.34 Å². The molecule has 0 saturated carbocycles. The summed E-state index contributed by atoms with van der Waals surface area (Å²) in [6.45, 7) is 4.02. The standard InChI is InChI=1S/C16H18ClN3O2S2.ClH/c1-10-9-23-16(19-10)24-14-3-2-11(6-13(14)17)20-15(21)7-12-8-22-5-4-18-12;/h2-3,6,9,12,18H,4-5,7-8H2,1H3,(H,20,21);1H. The number of carbonyl (C=O) groups excluding carboxylic acids is 1. The molecule has 0 bridgehead atoms. The van der Waals surface area contributed by atoms with Crippen LogP contribution in [0.15, 0.2) is 32.8 Å². The van der Waals surface area contributed by atoms with Crippen molar-refractivity contribution in [3.63, 3.8) is 0 Å². The van der Waals surface area contributed by atoms with E-state index in [0.29, 0.717) is 30.3 Å². The topological polar surface area (TPSA) is 63.2 Å². The fourth-order valence-electron chi connectivity index (χ4n) is 2.32. The van der Waals surface area contributed by atoms with E-state index in [4.69, 9.17) is 16.3 Å². The third-order valence-corrected chi connectivity index (χ3v) is 6.00. The van der Waals surface area contributed by atoms with Gasteiger partial charge in [0.25, 0.3) is 0 Å². The van der Waals surface area contributed by atoms with Crippen molar-refractivity contribution in [1.29, 1.82) is 0 Å². The van der Waals surface area contributed by atoms with Gasteiger partial charge in [-0.15, -0.1) is 23.7 Å². The van der Waals surface area contributed by atoms with Crippen LogP contribution in [0.2, 0.25) is 5.02 Å². The van der Waals surface area contributed by atoms with Crippen molar-refractivity contribution in [2.75, 3.05) is 25.1 Å². The van der Waals surface area contributed by atoms with Crippen molar-refractivity contribution in [3.05, 3.63) is 34.3 Å². The second-order valence-corrected chi connectivity index (χ2v) is 8.03. The Morgan fingerprint density at radius 3 is 3.04 bits per heavy atom. The van der Waals surface area contributed by atoms with E-state index in [-0.39, 0.29) is 24.4 Å². The molecular formula is C16H19Cl2N3O2S2. The van der Waals surface area contributed by atoms with Crippen LogP contribution < -0.4 is 10.6 Å². The predicted octanol–water partition coefficient (Wildman–Crippen LogP) is 3.99. The average Bonchev–Trinajstić information content (AvgIpc) is 2.96. The van der Waals surface area contributed by atoms with Crippen LogP contribution >= 0.6 is 47.1 Å². The summed E-state index contributed by atoms with van der Waals surface area (Å²) in [5.41, 5.74) is 1.70. The zero-order chi connectivity index (χ0) is 16.9. The number of anilines is 1. The Hall–Kier alpha value is -0.830. The van der Waals surface area contributed by atoms with Crippen LogP contribution in [0, 0.1) is 6.92 Å². The lowest BCUT2D eigenvalue weighted by Crippen LogP contribution is -2.43. The molecule has 1 saturated heterocycles. The number of carbonyl (C=O) groups is 1. The Morgan fingerprint density at radius 2 is 2.40 bits per heavy atom. The van der Waals surface area contributed by atoms with E-state index in [0.717, 1.165) is 21.5 Å². The molecule has 1 fully saturated rings. The Morgan fingerprint density at radius 1 is 1.56 bits per heavy atom. The first-order valence-electron chi connectivity index (χ1n) is 7.60. The van der Waals surface area contributed by atoms with E-state index in [2.05, 4.69) is 15.6 Å². The lowest BCUT2D eigenvalue weighted by Gasteiger charge is -2.23. The third kappa shape index (κ3) is 6.13. The number of ether oxygens (including phenoxy) is 1. The molecule has 2 heterocycles. The minimum Gasteiger partial charge on any atom is -0.378 e. The number of rotatable bonds is 5. The second kappa shape index (κ2) is 9.75. The summed E-state index contributed by atoms with van der Waals surface area (Å²) in [5.74, 6) is -0.0509. The van der Waals surface area contributed by atoms with Gasteiger partial charge in [-0.05, 0) is 25.1 Å². The monoisotopic (exact) mass is 419 g/mol. The minimum absolute atomic E-state index is 0. The lowest BCUT2D eigenvalue weighted by atomic mass is 10.2. The highest BCUT2D eigenvalue weighted by Gasteiger charge is 2.17. The summed E-state index contributed by atoms with van der Waals surface area (Å²) < 4.78 is 6.31. The van der Waals surface area contributed by atoms with E-state index in [1.165, 1.54) is 11.8 Å². The Kier molecular flexibility index (Phi) is 7.99. The number of halogens is 2. The summed E-state index contributed by atoms with van der Waals surface area (Å²) in [6, 6.07) is 5.60. The molecule has 3 rings (SSSR count). The molecule has 0 radical (unpaired) electrons. The molecule has 1 aromatic carbocycles. The lowest BCUT2D eigenvalue weighted by molar-refractivity contribution is -0.117. The Bertz CT molecular complexity index is 721. The quantitative estimate of drug-likeness (QED) is 0.766. The largest absolute Gasteiger partial charge is 0.378 e. The van der Waals surface area contributed by atoms with Gasteiger partial charge in [-0.1, -0.05) is 23.4 Å². The van der Waals surface area contributed by atoms with Crippen LogP contribution in [0.3, 0.4) is 0 Å². The average molecular weight is 420 g/mol. The van der Waals surface area contributed by atoms with Gasteiger partial charge < -0.3 is 15.4 Å². The molecule has 2 aromatic rings. The smallest absolute Gasteiger partial charge is 0.226 e. The van der Waals surface area contributed by atoms with Crippen LogP contribution in [0.25, 0.3) is 0 Å². The summed E-state index contributed by atoms with van der Waals surface area (Å²) in [6.07, 6.45) is 0.381. The summed E-state index contributed by atoms with van der Waals surface area (Å²) >= 11 is 9.45. The number of nitrogens with one attached hydrogen (secondary N) is 2. The second-order valence-electron chi connectivity index (χ2n) is 5.48. The Labute approximate surface area is 166 Å². The molecule has 1 aliphatic rings. The highest BCUT2D eigenvalue weighted by molar-refractivity contribution is 8.01. The number of aryl methyl sites for hydroxylation is 1. The first kappa shape index (κ1) is 20.5. The minimum atomic E-state index is -0.0509. The van der Waals surface area contributed by atoms with E-state index < -0.39 is 0 Å². The maximum atomic E-state index is 12.1. The zero-order valence-corrected chi connectivity index (χ0v) is 16.8. The number of aromatic nitrogens is 1. The molecule has 0 aliphatic carbocycles. The van der Waals surface area contributed by atoms with Gasteiger partial charge >= 0.3 is 0 Å². The van der Waals surface area contributed by atoms with Crippen molar-refractivity contribution >= 4 is 58.7 Å². The molecule has 25 heavy (non-hydrogen) atoms. The molecule has 1 atom stereocenters. The maximum Gasteiger partial charge on any atom is 0.226 e. The molecule has 0 spiro atoms. The van der Waals surface area contributed by atoms with Crippen molar-refractivity contribution in [2.24, 2.45) is 0 Å². The van der Waals surface area contributed by atoms with E-state index in [9.17, 15) is 4.79 Å². The highest BCUT2D eigenvalue weighted by atomic mass is 35.5. The van der Waals surface area contributed by atoms with Crippen LogP contribution in [-0.2, 0) is 9.53 Å². The molecule has 2 N–H and O–H groups in total. The fourth-order valence-corrected chi connectivity index (χ4v) is 4.41. The normalized spacial score (nSPS) is 17.0.